The third-order valence-corrected chi connectivity index (χ3v) is 11.0. The second kappa shape index (κ2) is 18.9. The highest BCUT2D eigenvalue weighted by Crippen LogP contribution is 2.34. The van der Waals surface area contributed by atoms with E-state index in [1.807, 2.05) is 74.5 Å². The van der Waals surface area contributed by atoms with E-state index in [2.05, 4.69) is 38.1 Å². The lowest BCUT2D eigenvalue weighted by Crippen LogP contribution is -2.45. The number of hydrogen-bond acceptors (Lipinski definition) is 10. The normalized spacial score (nSPS) is 15.1. The molecule has 0 N–H and O–H groups in total. The van der Waals surface area contributed by atoms with E-state index in [4.69, 9.17) is 42.6 Å². The molecular weight excluding hydrogens is 737 g/mol. The number of benzene rings is 5. The van der Waals surface area contributed by atoms with Crippen LogP contribution in [0.2, 0.25) is 0 Å². The minimum absolute atomic E-state index is 0.0744. The molecule has 5 aromatic rings. The van der Waals surface area contributed by atoms with Crippen LogP contribution in [0.15, 0.2) is 109 Å². The predicted molar refractivity (Wildman–Crippen MR) is 221 cm³/mol. The van der Waals surface area contributed by atoms with Crippen molar-refractivity contribution in [2.45, 2.75) is 40.5 Å². The summed E-state index contributed by atoms with van der Waals surface area (Å²) in [6, 6.07) is 34.7. The fourth-order valence-corrected chi connectivity index (χ4v) is 6.81. The molecule has 0 saturated carbocycles. The largest absolute Gasteiger partial charge is 0.468 e. The smallest absolute Gasteiger partial charge is 0.343 e. The number of rotatable bonds is 20. The van der Waals surface area contributed by atoms with Crippen LogP contribution in [0.25, 0.3) is 22.3 Å². The highest BCUT2D eigenvalue weighted by atomic mass is 16.7. The molecule has 2 fully saturated rings. The van der Waals surface area contributed by atoms with Gasteiger partial charge in [0.25, 0.3) is 0 Å². The molecule has 10 nitrogen and oxygen atoms in total. The molecular formula is C48H52O10. The Hall–Kier alpha value is -5.39. The molecule has 58 heavy (non-hydrogen) atoms. The molecule has 304 valence electrons. The maximum atomic E-state index is 13.1. The fourth-order valence-electron chi connectivity index (χ4n) is 6.81. The van der Waals surface area contributed by atoms with Crippen LogP contribution in [0.1, 0.15) is 48.2 Å². The summed E-state index contributed by atoms with van der Waals surface area (Å²) in [5.41, 5.74) is 6.68. The predicted octanol–water partition coefficient (Wildman–Crippen LogP) is 9.83. The van der Waals surface area contributed by atoms with Crippen LogP contribution in [0, 0.1) is 24.7 Å². The van der Waals surface area contributed by atoms with E-state index in [1.165, 1.54) is 0 Å². The number of carbonyl (C=O) groups is 1. The standard InChI is InChI=1S/C48H52O10/c1-5-47(25-50-26-47)29-52-31-54-41-17-13-39(14-18-41)46(49)58-45-34(3)23-40(24-35(45)4)38-9-7-36(8-10-38)37-11-15-42(16-12-37)56-33-57-44-21-19-43(20-22-44)55-32-53-30-48(6-2)27-51-28-48/h7-24H,5-6,25-33H2,1-4H3. The molecule has 0 unspecified atom stereocenters. The zero-order chi connectivity index (χ0) is 40.4. The number of ether oxygens (including phenoxy) is 9. The SMILES string of the molecule is CCC1(COCOc2ccc(OCOc3ccc(-c4ccc(-c5cc(C)c(OC(=O)c6ccc(OCOCC7(CC)COC7)cc6)c(C)c5)cc4)cc3)cc2)COC1. The summed E-state index contributed by atoms with van der Waals surface area (Å²) < 4.78 is 51.0. The summed E-state index contributed by atoms with van der Waals surface area (Å²) in [6.07, 6.45) is 2.04. The Balaban J connectivity index is 0.849. The van der Waals surface area contributed by atoms with E-state index in [9.17, 15) is 4.79 Å². The molecule has 0 aromatic heterocycles. The molecule has 0 bridgehead atoms. The summed E-state index contributed by atoms with van der Waals surface area (Å²) in [7, 11) is 0. The van der Waals surface area contributed by atoms with Gasteiger partial charge in [-0.1, -0.05) is 50.2 Å². The first-order valence-electron chi connectivity index (χ1n) is 19.8. The van der Waals surface area contributed by atoms with E-state index in [0.717, 1.165) is 72.6 Å². The summed E-state index contributed by atoms with van der Waals surface area (Å²) in [5, 5.41) is 0. The second-order valence-electron chi connectivity index (χ2n) is 15.2. The van der Waals surface area contributed by atoms with Crippen molar-refractivity contribution in [2.75, 3.05) is 60.0 Å². The van der Waals surface area contributed by atoms with Crippen molar-refractivity contribution >= 4 is 5.97 Å². The van der Waals surface area contributed by atoms with Crippen molar-refractivity contribution in [3.05, 3.63) is 126 Å². The lowest BCUT2D eigenvalue weighted by Gasteiger charge is -2.40. The van der Waals surface area contributed by atoms with Gasteiger partial charge in [0.15, 0.2) is 13.6 Å². The first kappa shape index (κ1) is 40.8. The van der Waals surface area contributed by atoms with Gasteiger partial charge in [-0.05, 0) is 133 Å². The Labute approximate surface area is 340 Å². The molecule has 0 radical (unpaired) electrons. The lowest BCUT2D eigenvalue weighted by molar-refractivity contribution is -0.162. The molecule has 0 atom stereocenters. The molecule has 2 aliphatic rings. The van der Waals surface area contributed by atoms with Gasteiger partial charge in [-0.15, -0.1) is 0 Å². The fraction of sp³-hybridized carbons (Fsp3) is 0.354. The molecule has 2 aliphatic heterocycles. The van der Waals surface area contributed by atoms with E-state index < -0.39 is 5.97 Å². The topological polar surface area (TPSA) is 100 Å². The molecule has 7 rings (SSSR count). The van der Waals surface area contributed by atoms with E-state index in [1.54, 1.807) is 24.3 Å². The quantitative estimate of drug-likeness (QED) is 0.0328. The van der Waals surface area contributed by atoms with Crippen molar-refractivity contribution in [2.24, 2.45) is 10.8 Å². The summed E-state index contributed by atoms with van der Waals surface area (Å²) >= 11 is 0. The average molecular weight is 789 g/mol. The Kier molecular flexibility index (Phi) is 13.3. The van der Waals surface area contributed by atoms with Crippen LogP contribution >= 0.6 is 0 Å². The molecule has 5 aromatic carbocycles. The number of aryl methyl sites for hydroxylation is 2. The van der Waals surface area contributed by atoms with Gasteiger partial charge in [0.05, 0.1) is 45.2 Å². The van der Waals surface area contributed by atoms with Crippen molar-refractivity contribution < 1.29 is 47.4 Å². The van der Waals surface area contributed by atoms with Gasteiger partial charge < -0.3 is 42.6 Å². The van der Waals surface area contributed by atoms with Crippen molar-refractivity contribution in [1.82, 2.24) is 0 Å². The zero-order valence-electron chi connectivity index (χ0n) is 33.8. The van der Waals surface area contributed by atoms with Crippen molar-refractivity contribution in [3.8, 4) is 51.0 Å². The number of carbonyl (C=O) groups excluding carboxylic acids is 1. The molecule has 2 heterocycles. The highest BCUT2D eigenvalue weighted by Gasteiger charge is 2.37. The summed E-state index contributed by atoms with van der Waals surface area (Å²) in [4.78, 5) is 13.1. The number of esters is 1. The molecule has 0 aliphatic carbocycles. The number of hydrogen-bond donors (Lipinski definition) is 0. The highest BCUT2D eigenvalue weighted by molar-refractivity contribution is 5.91. The maximum absolute atomic E-state index is 13.1. The van der Waals surface area contributed by atoms with Gasteiger partial charge in [-0.3, -0.25) is 0 Å². The van der Waals surface area contributed by atoms with Crippen LogP contribution < -0.4 is 23.7 Å². The van der Waals surface area contributed by atoms with E-state index >= 15 is 0 Å². The monoisotopic (exact) mass is 788 g/mol. The molecule has 0 amide bonds. The zero-order valence-corrected chi connectivity index (χ0v) is 33.8. The third-order valence-electron chi connectivity index (χ3n) is 11.0. The van der Waals surface area contributed by atoms with Crippen molar-refractivity contribution in [1.29, 1.82) is 0 Å². The second-order valence-corrected chi connectivity index (χ2v) is 15.2. The van der Waals surface area contributed by atoms with Gasteiger partial charge >= 0.3 is 5.97 Å². The molecule has 0 spiro atoms. The molecule has 10 heteroatoms. The third kappa shape index (κ3) is 10.2. The first-order chi connectivity index (χ1) is 28.3. The Morgan fingerprint density at radius 1 is 0.517 bits per heavy atom. The Bertz CT molecular complexity index is 2050. The van der Waals surface area contributed by atoms with Crippen LogP contribution in [-0.4, -0.2) is 66.0 Å². The van der Waals surface area contributed by atoms with E-state index in [-0.39, 0.29) is 31.2 Å². The average Bonchev–Trinajstić information content (AvgIpc) is 3.22. The van der Waals surface area contributed by atoms with Crippen LogP contribution in [0.3, 0.4) is 0 Å². The van der Waals surface area contributed by atoms with E-state index in [0.29, 0.717) is 47.5 Å². The van der Waals surface area contributed by atoms with Gasteiger partial charge in [-0.25, -0.2) is 4.79 Å². The van der Waals surface area contributed by atoms with Gasteiger partial charge in [0.1, 0.15) is 28.7 Å². The van der Waals surface area contributed by atoms with Gasteiger partial charge in [0, 0.05) is 10.8 Å². The maximum Gasteiger partial charge on any atom is 0.343 e. The molecule has 2 saturated heterocycles. The van der Waals surface area contributed by atoms with Crippen LogP contribution in [0.5, 0.6) is 28.7 Å². The van der Waals surface area contributed by atoms with Gasteiger partial charge in [-0.2, -0.15) is 0 Å². The summed E-state index contributed by atoms with van der Waals surface area (Å²) in [5.74, 6) is 2.84. The minimum Gasteiger partial charge on any atom is -0.468 e. The summed E-state index contributed by atoms with van der Waals surface area (Å²) in [6.45, 7) is 12.8. The minimum atomic E-state index is -0.427. The van der Waals surface area contributed by atoms with Gasteiger partial charge in [0.2, 0.25) is 6.79 Å². The Morgan fingerprint density at radius 2 is 0.879 bits per heavy atom. The van der Waals surface area contributed by atoms with Crippen molar-refractivity contribution in [3.63, 3.8) is 0 Å². The van der Waals surface area contributed by atoms with Crippen LogP contribution in [0.4, 0.5) is 0 Å². The van der Waals surface area contributed by atoms with Crippen LogP contribution in [-0.2, 0) is 18.9 Å². The Morgan fingerprint density at radius 3 is 1.28 bits per heavy atom. The first-order valence-corrected chi connectivity index (χ1v) is 19.8. The lowest BCUT2D eigenvalue weighted by atomic mass is 9.84.